The van der Waals surface area contributed by atoms with Crippen molar-refractivity contribution in [2.75, 3.05) is 30.5 Å². The average Bonchev–Trinajstić information content (AvgIpc) is 2.91. The third-order valence-corrected chi connectivity index (χ3v) is 6.01. The van der Waals surface area contributed by atoms with Gasteiger partial charge in [-0.3, -0.25) is 9.59 Å². The summed E-state index contributed by atoms with van der Waals surface area (Å²) in [6.07, 6.45) is 0. The van der Waals surface area contributed by atoms with Gasteiger partial charge in [0.1, 0.15) is 0 Å². The molecule has 0 aromatic heterocycles. The number of benzene rings is 3. The Morgan fingerprint density at radius 3 is 2.61 bits per heavy atom. The van der Waals surface area contributed by atoms with Gasteiger partial charge in [-0.1, -0.05) is 23.9 Å². The lowest BCUT2D eigenvalue weighted by atomic mass is 10.1. The molecule has 3 aromatic rings. The number of amides is 2. The summed E-state index contributed by atoms with van der Waals surface area (Å²) in [5.74, 6) is -0.343. The van der Waals surface area contributed by atoms with Crippen LogP contribution in [-0.2, 0) is 4.74 Å². The topological polar surface area (TPSA) is 82.4 Å². The number of methoxy groups -OCH3 is 1. The van der Waals surface area contributed by atoms with Crippen LogP contribution in [0.1, 0.15) is 26.3 Å². The van der Waals surface area contributed by atoms with Gasteiger partial charge in [0.2, 0.25) is 0 Å². The molecule has 1 N–H and O–H groups in total. The van der Waals surface area contributed by atoms with E-state index in [0.717, 1.165) is 15.5 Å². The highest BCUT2D eigenvalue weighted by atomic mass is 32.2. The van der Waals surface area contributed by atoms with Gasteiger partial charge in [-0.15, -0.1) is 0 Å². The highest BCUT2D eigenvalue weighted by Crippen LogP contribution is 2.42. The number of nitriles is 1. The molecule has 0 unspecified atom stereocenters. The molecule has 0 fully saturated rings. The number of hydrogen-bond acceptors (Lipinski definition) is 5. The fourth-order valence-corrected chi connectivity index (χ4v) is 4.42. The summed E-state index contributed by atoms with van der Waals surface area (Å²) in [7, 11) is 1.60. The first-order chi connectivity index (χ1) is 15.1. The van der Waals surface area contributed by atoms with Gasteiger partial charge in [-0.05, 0) is 54.6 Å². The molecule has 0 aliphatic carbocycles. The summed E-state index contributed by atoms with van der Waals surface area (Å²) in [5.41, 5.74) is 3.00. The number of carbonyl (C=O) groups excluding carboxylic acids is 2. The summed E-state index contributed by atoms with van der Waals surface area (Å²) in [4.78, 5) is 29.2. The number of hydrogen-bond donors (Lipinski definition) is 1. The van der Waals surface area contributed by atoms with Gasteiger partial charge in [-0.2, -0.15) is 5.26 Å². The minimum Gasteiger partial charge on any atom is -0.383 e. The molecule has 1 heterocycles. The zero-order valence-electron chi connectivity index (χ0n) is 16.8. The molecule has 0 bridgehead atoms. The highest BCUT2D eigenvalue weighted by Gasteiger charge is 2.27. The zero-order valence-corrected chi connectivity index (χ0v) is 17.6. The fourth-order valence-electron chi connectivity index (χ4n) is 3.31. The van der Waals surface area contributed by atoms with Crippen molar-refractivity contribution in [3.05, 3.63) is 83.4 Å². The van der Waals surface area contributed by atoms with Crippen molar-refractivity contribution in [2.24, 2.45) is 0 Å². The molecule has 2 amide bonds. The van der Waals surface area contributed by atoms with E-state index < -0.39 is 0 Å². The van der Waals surface area contributed by atoms with Crippen molar-refractivity contribution in [2.45, 2.75) is 9.79 Å². The second-order valence-corrected chi connectivity index (χ2v) is 7.96. The van der Waals surface area contributed by atoms with Crippen LogP contribution in [-0.4, -0.2) is 32.1 Å². The van der Waals surface area contributed by atoms with Crippen molar-refractivity contribution in [3.63, 3.8) is 0 Å². The smallest absolute Gasteiger partial charge is 0.259 e. The van der Waals surface area contributed by atoms with E-state index in [1.165, 1.54) is 11.8 Å². The Morgan fingerprint density at radius 1 is 1.10 bits per heavy atom. The van der Waals surface area contributed by atoms with Gasteiger partial charge < -0.3 is 15.0 Å². The van der Waals surface area contributed by atoms with E-state index in [1.807, 2.05) is 42.5 Å². The van der Waals surface area contributed by atoms with Gasteiger partial charge in [0.05, 0.1) is 29.5 Å². The van der Waals surface area contributed by atoms with Crippen LogP contribution in [0.2, 0.25) is 0 Å². The Kier molecular flexibility index (Phi) is 6.03. The van der Waals surface area contributed by atoms with E-state index in [1.54, 1.807) is 42.3 Å². The third-order valence-electron chi connectivity index (χ3n) is 4.89. The predicted octanol–water partition coefficient (Wildman–Crippen LogP) is 4.57. The maximum absolute atomic E-state index is 13.2. The van der Waals surface area contributed by atoms with E-state index >= 15 is 0 Å². The summed E-state index contributed by atoms with van der Waals surface area (Å²) in [5, 5.41) is 11.8. The fraction of sp³-hybridized carbons (Fsp3) is 0.125. The van der Waals surface area contributed by atoms with Gasteiger partial charge in [0, 0.05) is 34.7 Å². The largest absolute Gasteiger partial charge is 0.383 e. The molecule has 6 nitrogen and oxygen atoms in total. The number of nitrogens with one attached hydrogen (secondary N) is 1. The van der Waals surface area contributed by atoms with Gasteiger partial charge >= 0.3 is 0 Å². The molecular weight excluding hydrogens is 410 g/mol. The lowest BCUT2D eigenvalue weighted by molar-refractivity contribution is 0.0972. The van der Waals surface area contributed by atoms with Crippen LogP contribution in [0.3, 0.4) is 0 Å². The second-order valence-electron chi connectivity index (χ2n) is 6.87. The van der Waals surface area contributed by atoms with Crippen molar-refractivity contribution in [1.29, 1.82) is 5.26 Å². The van der Waals surface area contributed by atoms with E-state index in [2.05, 4.69) is 5.32 Å². The number of carbonyl (C=O) groups is 2. The van der Waals surface area contributed by atoms with Gasteiger partial charge in [0.25, 0.3) is 11.8 Å². The molecule has 31 heavy (non-hydrogen) atoms. The summed E-state index contributed by atoms with van der Waals surface area (Å²) < 4.78 is 5.20. The van der Waals surface area contributed by atoms with Crippen molar-refractivity contribution in [3.8, 4) is 6.07 Å². The molecule has 0 saturated heterocycles. The minimum absolute atomic E-state index is 0.0757. The number of rotatable bonds is 5. The SMILES string of the molecule is COCCN1C(=O)c2ccccc2Sc2cc(NC(=O)c3ccc(C#N)cc3)ccc21. The van der Waals surface area contributed by atoms with Crippen LogP contribution in [0.4, 0.5) is 11.4 Å². The van der Waals surface area contributed by atoms with Crippen molar-refractivity contribution < 1.29 is 14.3 Å². The van der Waals surface area contributed by atoms with Crippen LogP contribution in [0.5, 0.6) is 0 Å². The lowest BCUT2D eigenvalue weighted by Crippen LogP contribution is -2.33. The molecule has 154 valence electrons. The normalized spacial score (nSPS) is 12.4. The molecule has 1 aliphatic rings. The molecule has 7 heteroatoms. The predicted molar refractivity (Wildman–Crippen MR) is 120 cm³/mol. The molecule has 4 rings (SSSR count). The quantitative estimate of drug-likeness (QED) is 0.643. The molecule has 0 radical (unpaired) electrons. The lowest BCUT2D eigenvalue weighted by Gasteiger charge is -2.23. The summed E-state index contributed by atoms with van der Waals surface area (Å²) >= 11 is 1.50. The first-order valence-corrected chi connectivity index (χ1v) is 10.5. The standard InChI is InChI=1S/C24H19N3O3S/c1-30-13-12-27-20-11-10-18(26-23(28)17-8-6-16(15-25)7-9-17)14-22(20)31-21-5-3-2-4-19(21)24(27)29/h2-11,14H,12-13H2,1H3,(H,26,28). The zero-order chi connectivity index (χ0) is 21.8. The maximum Gasteiger partial charge on any atom is 0.259 e. The Hall–Kier alpha value is -3.60. The summed E-state index contributed by atoms with van der Waals surface area (Å²) in [6, 6.07) is 21.5. The Bertz CT molecular complexity index is 1190. The molecule has 1 aliphatic heterocycles. The highest BCUT2D eigenvalue weighted by molar-refractivity contribution is 7.99. The molecule has 0 spiro atoms. The number of anilines is 2. The van der Waals surface area contributed by atoms with Gasteiger partial charge in [-0.25, -0.2) is 0 Å². The Labute approximate surface area is 184 Å². The van der Waals surface area contributed by atoms with E-state index in [-0.39, 0.29) is 11.8 Å². The maximum atomic E-state index is 13.2. The number of nitrogens with zero attached hydrogens (tertiary/aromatic N) is 2. The van der Waals surface area contributed by atoms with E-state index in [9.17, 15) is 9.59 Å². The van der Waals surface area contributed by atoms with Crippen LogP contribution >= 0.6 is 11.8 Å². The Morgan fingerprint density at radius 2 is 1.87 bits per heavy atom. The van der Waals surface area contributed by atoms with Crippen molar-refractivity contribution in [1.82, 2.24) is 0 Å². The van der Waals surface area contributed by atoms with Crippen LogP contribution < -0.4 is 10.2 Å². The van der Waals surface area contributed by atoms with Crippen molar-refractivity contribution >= 4 is 35.0 Å². The molecular formula is C24H19N3O3S. The van der Waals surface area contributed by atoms with Crippen LogP contribution in [0, 0.1) is 11.3 Å². The Balaban J connectivity index is 1.66. The average molecular weight is 430 g/mol. The summed E-state index contributed by atoms with van der Waals surface area (Å²) in [6.45, 7) is 0.837. The van der Waals surface area contributed by atoms with Crippen LogP contribution in [0.15, 0.2) is 76.5 Å². The first kappa shape index (κ1) is 20.7. The monoisotopic (exact) mass is 429 g/mol. The number of fused-ring (bicyclic) bond motifs is 2. The molecule has 3 aromatic carbocycles. The second kappa shape index (κ2) is 9.04. The third kappa shape index (κ3) is 4.31. The first-order valence-electron chi connectivity index (χ1n) is 9.64. The van der Waals surface area contributed by atoms with E-state index in [4.69, 9.17) is 10.00 Å². The van der Waals surface area contributed by atoms with Crippen LogP contribution in [0.25, 0.3) is 0 Å². The van der Waals surface area contributed by atoms with Gasteiger partial charge in [0.15, 0.2) is 0 Å². The molecule has 0 atom stereocenters. The number of ether oxygens (including phenoxy) is 1. The van der Waals surface area contributed by atoms with E-state index in [0.29, 0.717) is 35.5 Å². The molecule has 0 saturated carbocycles. The minimum atomic E-state index is -0.268.